The Bertz CT molecular complexity index is 549. The van der Waals surface area contributed by atoms with E-state index in [9.17, 15) is 4.79 Å². The van der Waals surface area contributed by atoms with Gasteiger partial charge in [-0.15, -0.1) is 0 Å². The Morgan fingerprint density at radius 2 is 2.33 bits per heavy atom. The summed E-state index contributed by atoms with van der Waals surface area (Å²) >= 11 is 0. The lowest BCUT2D eigenvalue weighted by atomic mass is 10.2. The lowest BCUT2D eigenvalue weighted by molar-refractivity contribution is -0.116. The van der Waals surface area contributed by atoms with E-state index in [-0.39, 0.29) is 19.1 Å². The van der Waals surface area contributed by atoms with Gasteiger partial charge in [-0.2, -0.15) is 0 Å². The minimum Gasteiger partial charge on any atom is -0.388 e. The summed E-state index contributed by atoms with van der Waals surface area (Å²) in [5.41, 5.74) is 1.86. The van der Waals surface area contributed by atoms with E-state index in [1.165, 1.54) is 0 Å². The number of nitrogens with zero attached hydrogens (tertiary/aromatic N) is 2. The first-order valence-corrected chi connectivity index (χ1v) is 5.66. The summed E-state index contributed by atoms with van der Waals surface area (Å²) in [6, 6.07) is 7.60. The number of anilines is 1. The van der Waals surface area contributed by atoms with Crippen molar-refractivity contribution in [2.24, 2.45) is 0 Å². The van der Waals surface area contributed by atoms with E-state index < -0.39 is 0 Å². The van der Waals surface area contributed by atoms with Gasteiger partial charge in [-0.05, 0) is 24.6 Å². The Kier molecular flexibility index (Phi) is 3.74. The van der Waals surface area contributed by atoms with Gasteiger partial charge in [0.05, 0.1) is 0 Å². The first-order valence-electron chi connectivity index (χ1n) is 5.66. The zero-order valence-corrected chi connectivity index (χ0v) is 10.1. The molecular weight excluding hydrogens is 230 g/mol. The number of aliphatic hydroxyl groups excluding tert-OH is 1. The van der Waals surface area contributed by atoms with Gasteiger partial charge in [0.15, 0.2) is 0 Å². The zero-order valence-electron chi connectivity index (χ0n) is 10.1. The number of imidazole rings is 1. The number of aryl methyl sites for hydroxylation is 1. The fraction of sp³-hybridized carbons (Fsp3) is 0.231. The van der Waals surface area contributed by atoms with Crippen LogP contribution in [0.15, 0.2) is 36.7 Å². The van der Waals surface area contributed by atoms with E-state index >= 15 is 0 Å². The van der Waals surface area contributed by atoms with Crippen molar-refractivity contribution in [1.29, 1.82) is 0 Å². The lowest BCUT2D eigenvalue weighted by Gasteiger charge is -2.08. The van der Waals surface area contributed by atoms with Crippen LogP contribution in [-0.4, -0.2) is 20.6 Å². The van der Waals surface area contributed by atoms with Crippen LogP contribution in [0.3, 0.4) is 0 Å². The first kappa shape index (κ1) is 12.3. The van der Waals surface area contributed by atoms with Crippen molar-refractivity contribution in [2.45, 2.75) is 20.1 Å². The molecule has 1 aromatic heterocycles. The smallest absolute Gasteiger partial charge is 0.244 e. The molecule has 5 heteroatoms. The van der Waals surface area contributed by atoms with Gasteiger partial charge in [0, 0.05) is 18.1 Å². The van der Waals surface area contributed by atoms with Crippen molar-refractivity contribution in [1.82, 2.24) is 9.55 Å². The second-order valence-corrected chi connectivity index (χ2v) is 4.05. The SMILES string of the molecule is Cc1cccc(NC(=O)Cn2ccnc2CO)c1. The summed E-state index contributed by atoms with van der Waals surface area (Å²) in [4.78, 5) is 15.8. The van der Waals surface area contributed by atoms with Gasteiger partial charge in [-0.25, -0.2) is 4.98 Å². The van der Waals surface area contributed by atoms with Crippen LogP contribution in [0.5, 0.6) is 0 Å². The molecule has 1 aromatic carbocycles. The molecule has 0 aliphatic carbocycles. The molecule has 5 nitrogen and oxygen atoms in total. The molecule has 0 fully saturated rings. The molecular formula is C13H15N3O2. The highest BCUT2D eigenvalue weighted by Gasteiger charge is 2.07. The van der Waals surface area contributed by atoms with Gasteiger partial charge in [0.2, 0.25) is 5.91 Å². The quantitative estimate of drug-likeness (QED) is 0.853. The van der Waals surface area contributed by atoms with Gasteiger partial charge in [-0.3, -0.25) is 4.79 Å². The van der Waals surface area contributed by atoms with Gasteiger partial charge in [0.1, 0.15) is 19.0 Å². The Balaban J connectivity index is 2.01. The van der Waals surface area contributed by atoms with Crippen LogP contribution >= 0.6 is 0 Å². The Morgan fingerprint density at radius 1 is 1.50 bits per heavy atom. The van der Waals surface area contributed by atoms with Crippen molar-refractivity contribution >= 4 is 11.6 Å². The number of nitrogens with one attached hydrogen (secondary N) is 1. The number of amides is 1. The topological polar surface area (TPSA) is 67.2 Å². The van der Waals surface area contributed by atoms with Crippen LogP contribution in [0.4, 0.5) is 5.69 Å². The van der Waals surface area contributed by atoms with Crippen LogP contribution in [0.25, 0.3) is 0 Å². The third-order valence-electron chi connectivity index (χ3n) is 2.56. The second-order valence-electron chi connectivity index (χ2n) is 4.05. The number of aliphatic hydroxyl groups is 1. The van der Waals surface area contributed by atoms with E-state index in [1.54, 1.807) is 17.0 Å². The van der Waals surface area contributed by atoms with E-state index in [0.29, 0.717) is 5.82 Å². The van der Waals surface area contributed by atoms with Gasteiger partial charge in [-0.1, -0.05) is 12.1 Å². The van der Waals surface area contributed by atoms with Crippen molar-refractivity contribution in [3.8, 4) is 0 Å². The van der Waals surface area contributed by atoms with Gasteiger partial charge in [0.25, 0.3) is 0 Å². The summed E-state index contributed by atoms with van der Waals surface area (Å²) in [5, 5.41) is 11.8. The molecule has 2 rings (SSSR count). The predicted octanol–water partition coefficient (Wildman–Crippen LogP) is 1.32. The van der Waals surface area contributed by atoms with E-state index in [4.69, 9.17) is 5.11 Å². The second kappa shape index (κ2) is 5.46. The average Bonchev–Trinajstić information content (AvgIpc) is 2.76. The predicted molar refractivity (Wildman–Crippen MR) is 68.0 cm³/mol. The molecule has 0 saturated carbocycles. The number of carbonyl (C=O) groups is 1. The number of aromatic nitrogens is 2. The lowest BCUT2D eigenvalue weighted by Crippen LogP contribution is -2.19. The Labute approximate surface area is 105 Å². The summed E-state index contributed by atoms with van der Waals surface area (Å²) < 4.78 is 1.62. The maximum Gasteiger partial charge on any atom is 0.244 e. The van der Waals surface area contributed by atoms with Crippen LogP contribution < -0.4 is 5.32 Å². The van der Waals surface area contributed by atoms with Crippen LogP contribution in [-0.2, 0) is 17.9 Å². The fourth-order valence-corrected chi connectivity index (χ4v) is 1.71. The highest BCUT2D eigenvalue weighted by Crippen LogP contribution is 2.09. The molecule has 0 aliphatic rings. The minimum atomic E-state index is -0.176. The molecule has 0 atom stereocenters. The Morgan fingerprint density at radius 3 is 3.06 bits per heavy atom. The highest BCUT2D eigenvalue weighted by molar-refractivity contribution is 5.90. The highest BCUT2D eigenvalue weighted by atomic mass is 16.3. The third-order valence-corrected chi connectivity index (χ3v) is 2.56. The van der Waals surface area contributed by atoms with Crippen molar-refractivity contribution < 1.29 is 9.90 Å². The van der Waals surface area contributed by atoms with Crippen molar-refractivity contribution in [2.75, 3.05) is 5.32 Å². The summed E-state index contributed by atoms with van der Waals surface area (Å²) in [7, 11) is 0. The maximum absolute atomic E-state index is 11.8. The molecule has 0 bridgehead atoms. The van der Waals surface area contributed by atoms with Crippen LogP contribution in [0.1, 0.15) is 11.4 Å². The fourth-order valence-electron chi connectivity index (χ4n) is 1.71. The first-order chi connectivity index (χ1) is 8.69. The average molecular weight is 245 g/mol. The maximum atomic E-state index is 11.8. The van der Waals surface area contributed by atoms with E-state index in [2.05, 4.69) is 10.3 Å². The molecule has 1 amide bonds. The van der Waals surface area contributed by atoms with Crippen LogP contribution in [0, 0.1) is 6.92 Å². The minimum absolute atomic E-state index is 0.143. The summed E-state index contributed by atoms with van der Waals surface area (Å²) in [5.74, 6) is 0.336. The molecule has 0 spiro atoms. The standard InChI is InChI=1S/C13H15N3O2/c1-10-3-2-4-11(7-10)15-13(18)8-16-6-5-14-12(16)9-17/h2-7,17H,8-9H2,1H3,(H,15,18). The summed E-state index contributed by atoms with van der Waals surface area (Å²) in [6.07, 6.45) is 3.23. The number of rotatable bonds is 4. The van der Waals surface area contributed by atoms with Gasteiger partial charge >= 0.3 is 0 Å². The molecule has 94 valence electrons. The number of hydrogen-bond donors (Lipinski definition) is 2. The van der Waals surface area contributed by atoms with E-state index in [0.717, 1.165) is 11.3 Å². The summed E-state index contributed by atoms with van der Waals surface area (Å²) in [6.45, 7) is 1.93. The number of carbonyl (C=O) groups excluding carboxylic acids is 1. The van der Waals surface area contributed by atoms with Gasteiger partial charge < -0.3 is 15.0 Å². The Hall–Kier alpha value is -2.14. The molecule has 18 heavy (non-hydrogen) atoms. The molecule has 2 N–H and O–H groups in total. The number of hydrogen-bond acceptors (Lipinski definition) is 3. The zero-order chi connectivity index (χ0) is 13.0. The normalized spacial score (nSPS) is 10.3. The third kappa shape index (κ3) is 2.95. The monoisotopic (exact) mass is 245 g/mol. The van der Waals surface area contributed by atoms with Crippen molar-refractivity contribution in [3.05, 3.63) is 48.0 Å². The molecule has 0 radical (unpaired) electrons. The number of benzene rings is 1. The van der Waals surface area contributed by atoms with Crippen LogP contribution in [0.2, 0.25) is 0 Å². The van der Waals surface area contributed by atoms with Crippen molar-refractivity contribution in [3.63, 3.8) is 0 Å². The molecule has 0 aliphatic heterocycles. The molecule has 1 heterocycles. The molecule has 0 saturated heterocycles. The molecule has 0 unspecified atom stereocenters. The van der Waals surface area contributed by atoms with E-state index in [1.807, 2.05) is 31.2 Å². The molecule has 2 aromatic rings. The largest absolute Gasteiger partial charge is 0.388 e.